The molecule has 11 nitrogen and oxygen atoms in total. The summed E-state index contributed by atoms with van der Waals surface area (Å²) < 4.78 is 26.4. The summed E-state index contributed by atoms with van der Waals surface area (Å²) >= 11 is 0. The second-order valence-corrected chi connectivity index (χ2v) is 10.0. The van der Waals surface area contributed by atoms with Crippen LogP contribution in [0.1, 0.15) is 33.9 Å². The molecule has 0 bridgehead atoms. The summed E-state index contributed by atoms with van der Waals surface area (Å²) in [6.07, 6.45) is 0. The number of piperazine rings is 1. The quantitative estimate of drug-likeness (QED) is 0.425. The molecule has 0 spiro atoms. The van der Waals surface area contributed by atoms with Crippen LogP contribution >= 0.6 is 0 Å². The van der Waals surface area contributed by atoms with Crippen molar-refractivity contribution < 1.29 is 18.0 Å². The highest BCUT2D eigenvalue weighted by atomic mass is 32.2. The third kappa shape index (κ3) is 4.00. The summed E-state index contributed by atoms with van der Waals surface area (Å²) in [6, 6.07) is 9.76. The molecule has 2 aromatic heterocycles. The number of rotatable bonds is 4. The van der Waals surface area contributed by atoms with Crippen molar-refractivity contribution in [1.82, 2.24) is 20.2 Å². The van der Waals surface area contributed by atoms with E-state index in [0.29, 0.717) is 17.9 Å². The van der Waals surface area contributed by atoms with Gasteiger partial charge in [0, 0.05) is 43.8 Å². The molecule has 2 aliphatic heterocycles. The van der Waals surface area contributed by atoms with E-state index in [1.807, 2.05) is 11.5 Å². The van der Waals surface area contributed by atoms with Crippen molar-refractivity contribution >= 4 is 44.2 Å². The van der Waals surface area contributed by atoms with Gasteiger partial charge in [0.15, 0.2) is 0 Å². The first-order valence-electron chi connectivity index (χ1n) is 11.0. The van der Waals surface area contributed by atoms with Crippen LogP contribution in [0.3, 0.4) is 0 Å². The van der Waals surface area contributed by atoms with Crippen molar-refractivity contribution in [1.29, 1.82) is 0 Å². The first-order chi connectivity index (χ1) is 16.2. The number of hydrogen-bond acceptors (Lipinski definition) is 7. The van der Waals surface area contributed by atoms with Gasteiger partial charge in [-0.2, -0.15) is 0 Å². The van der Waals surface area contributed by atoms with Gasteiger partial charge in [0.2, 0.25) is 10.0 Å². The molecule has 1 fully saturated rings. The molecule has 2 aliphatic rings. The van der Waals surface area contributed by atoms with Gasteiger partial charge in [-0.05, 0) is 43.3 Å². The largest absolute Gasteiger partial charge is 0.369 e. The molecular formula is C22H25N7O4S. The van der Waals surface area contributed by atoms with Crippen molar-refractivity contribution in [3.05, 3.63) is 47.8 Å². The van der Waals surface area contributed by atoms with Crippen LogP contribution in [0.2, 0.25) is 0 Å². The Balaban J connectivity index is 1.48. The lowest BCUT2D eigenvalue weighted by molar-refractivity contribution is 0.0918. The van der Waals surface area contributed by atoms with E-state index >= 15 is 0 Å². The number of aromatic nitrogens is 2. The second-order valence-electron chi connectivity index (χ2n) is 8.48. The fourth-order valence-electron chi connectivity index (χ4n) is 4.42. The Morgan fingerprint density at radius 2 is 1.94 bits per heavy atom. The first-order valence-corrected chi connectivity index (χ1v) is 12.5. The van der Waals surface area contributed by atoms with Gasteiger partial charge in [-0.1, -0.05) is 0 Å². The minimum atomic E-state index is -4.10. The minimum Gasteiger partial charge on any atom is -0.369 e. The lowest BCUT2D eigenvalue weighted by Crippen LogP contribution is -2.43. The molecule has 178 valence electrons. The number of hydrogen-bond donors (Lipinski definition) is 4. The molecule has 0 aliphatic carbocycles. The second kappa shape index (κ2) is 8.38. The Morgan fingerprint density at radius 3 is 2.68 bits per heavy atom. The van der Waals surface area contributed by atoms with Crippen LogP contribution in [-0.4, -0.2) is 62.5 Å². The molecule has 0 saturated carbocycles. The van der Waals surface area contributed by atoms with Gasteiger partial charge in [0.25, 0.3) is 11.8 Å². The molecule has 1 atom stereocenters. The summed E-state index contributed by atoms with van der Waals surface area (Å²) in [4.78, 5) is 31.6. The molecule has 5 N–H and O–H groups in total. The third-order valence-electron chi connectivity index (χ3n) is 6.15. The number of amides is 2. The normalized spacial score (nSPS) is 18.5. The molecular weight excluding hydrogens is 458 g/mol. The Hall–Kier alpha value is -3.48. The Labute approximate surface area is 196 Å². The van der Waals surface area contributed by atoms with Gasteiger partial charge in [0.1, 0.15) is 21.9 Å². The molecule has 12 heteroatoms. The average Bonchev–Trinajstić information content (AvgIpc) is 3.22. The number of pyridine rings is 1. The number of nitrogens with two attached hydrogens (primary N) is 1. The zero-order valence-corrected chi connectivity index (χ0v) is 19.4. The van der Waals surface area contributed by atoms with Crippen LogP contribution < -0.4 is 26.0 Å². The Kier molecular flexibility index (Phi) is 5.50. The smallest absolute Gasteiger partial charge is 0.274 e. The summed E-state index contributed by atoms with van der Waals surface area (Å²) in [5.74, 6) is -0.769. The standard InChI is InChI=1S/C22H25N7O4S/c1-13-12-25-22(31)18-10-14-2-4-17(26-20(14)29(13)18)21(30)27-16-5-3-15(11-19(16)34(23,32)33)28-8-6-24-7-9-28/h2-5,10-11,13,24H,6-9,12H2,1H3,(H,25,31)(H,27,30)(H2,23,32,33)/t13-/m1/s1. The van der Waals surface area contributed by atoms with Crippen LogP contribution in [0.4, 0.5) is 11.4 Å². The van der Waals surface area contributed by atoms with Crippen molar-refractivity contribution in [3.63, 3.8) is 0 Å². The molecule has 5 rings (SSSR count). The van der Waals surface area contributed by atoms with Crippen molar-refractivity contribution in [3.8, 4) is 0 Å². The zero-order valence-electron chi connectivity index (χ0n) is 18.5. The summed E-state index contributed by atoms with van der Waals surface area (Å²) in [5, 5.41) is 14.9. The number of sulfonamides is 1. The van der Waals surface area contributed by atoms with Gasteiger partial charge in [0.05, 0.1) is 11.7 Å². The molecule has 0 radical (unpaired) electrons. The first kappa shape index (κ1) is 22.3. The number of carbonyl (C=O) groups excluding carboxylic acids is 2. The van der Waals surface area contributed by atoms with E-state index in [-0.39, 0.29) is 28.2 Å². The monoisotopic (exact) mass is 483 g/mol. The number of nitrogens with one attached hydrogen (secondary N) is 3. The molecule has 1 saturated heterocycles. The summed E-state index contributed by atoms with van der Waals surface area (Å²) in [5.41, 5.74) is 1.90. The molecule has 1 aromatic carbocycles. The van der Waals surface area contributed by atoms with E-state index in [0.717, 1.165) is 37.3 Å². The molecule has 0 unspecified atom stereocenters. The van der Waals surface area contributed by atoms with Crippen molar-refractivity contribution in [2.45, 2.75) is 17.9 Å². The molecule has 3 aromatic rings. The van der Waals surface area contributed by atoms with E-state index in [4.69, 9.17) is 5.14 Å². The van der Waals surface area contributed by atoms with Crippen LogP contribution in [0.25, 0.3) is 11.0 Å². The predicted molar refractivity (Wildman–Crippen MR) is 128 cm³/mol. The highest BCUT2D eigenvalue weighted by Gasteiger charge is 2.26. The maximum absolute atomic E-state index is 13.0. The highest BCUT2D eigenvalue weighted by Crippen LogP contribution is 2.28. The molecule has 2 amide bonds. The lowest BCUT2D eigenvalue weighted by atomic mass is 10.2. The maximum atomic E-state index is 13.0. The zero-order chi connectivity index (χ0) is 24.0. The molecule has 34 heavy (non-hydrogen) atoms. The number of benzene rings is 1. The Morgan fingerprint density at radius 1 is 1.18 bits per heavy atom. The Bertz CT molecular complexity index is 1410. The van der Waals surface area contributed by atoms with Gasteiger partial charge in [-0.3, -0.25) is 9.59 Å². The van der Waals surface area contributed by atoms with E-state index in [1.165, 1.54) is 12.1 Å². The lowest BCUT2D eigenvalue weighted by Gasteiger charge is -2.30. The van der Waals surface area contributed by atoms with Crippen molar-refractivity contribution in [2.75, 3.05) is 42.9 Å². The van der Waals surface area contributed by atoms with E-state index < -0.39 is 15.9 Å². The van der Waals surface area contributed by atoms with E-state index in [2.05, 4.69) is 25.8 Å². The van der Waals surface area contributed by atoms with E-state index in [1.54, 1.807) is 24.3 Å². The van der Waals surface area contributed by atoms with Gasteiger partial charge in [-0.15, -0.1) is 0 Å². The summed E-state index contributed by atoms with van der Waals surface area (Å²) in [6.45, 7) is 5.47. The van der Waals surface area contributed by atoms with Gasteiger partial charge < -0.3 is 25.4 Å². The highest BCUT2D eigenvalue weighted by molar-refractivity contribution is 7.89. The number of nitrogens with zero attached hydrogens (tertiary/aromatic N) is 3. The number of anilines is 2. The van der Waals surface area contributed by atoms with Gasteiger partial charge >= 0.3 is 0 Å². The van der Waals surface area contributed by atoms with Crippen LogP contribution in [0, 0.1) is 0 Å². The van der Waals surface area contributed by atoms with E-state index in [9.17, 15) is 18.0 Å². The predicted octanol–water partition coefficient (Wildman–Crippen LogP) is 0.650. The fraction of sp³-hybridized carbons (Fsp3) is 0.318. The van der Waals surface area contributed by atoms with Gasteiger partial charge in [-0.25, -0.2) is 18.5 Å². The van der Waals surface area contributed by atoms with Crippen LogP contribution in [0.5, 0.6) is 0 Å². The summed E-state index contributed by atoms with van der Waals surface area (Å²) in [7, 11) is -4.10. The topological polar surface area (TPSA) is 151 Å². The maximum Gasteiger partial charge on any atom is 0.274 e. The van der Waals surface area contributed by atoms with Crippen LogP contribution in [-0.2, 0) is 10.0 Å². The minimum absolute atomic E-state index is 0.0254. The number of carbonyl (C=O) groups is 2. The fourth-order valence-corrected chi connectivity index (χ4v) is 5.13. The number of primary sulfonamides is 1. The van der Waals surface area contributed by atoms with Crippen LogP contribution in [0.15, 0.2) is 41.3 Å². The van der Waals surface area contributed by atoms with Crippen molar-refractivity contribution in [2.24, 2.45) is 5.14 Å². The number of fused-ring (bicyclic) bond motifs is 3. The third-order valence-corrected chi connectivity index (χ3v) is 7.10. The SMILES string of the molecule is C[C@@H]1CNC(=O)c2cc3ccc(C(=O)Nc4ccc(N5CCNCC5)cc4S(N)(=O)=O)nc3n21. The molecule has 4 heterocycles. The average molecular weight is 484 g/mol.